The Balaban J connectivity index is 1.28. The third kappa shape index (κ3) is 6.64. The Morgan fingerprint density at radius 1 is 1.03 bits per heavy atom. The fourth-order valence-corrected chi connectivity index (χ4v) is 4.49. The van der Waals surface area contributed by atoms with Crippen molar-refractivity contribution in [2.24, 2.45) is 0 Å². The maximum absolute atomic E-state index is 12.8. The molecule has 14 heteroatoms. The van der Waals surface area contributed by atoms with Gasteiger partial charge in [0, 0.05) is 39.3 Å². The van der Waals surface area contributed by atoms with Crippen molar-refractivity contribution in [3.63, 3.8) is 0 Å². The highest BCUT2D eigenvalue weighted by Crippen LogP contribution is 2.32. The summed E-state index contributed by atoms with van der Waals surface area (Å²) in [4.78, 5) is 27.3. The maximum Gasteiger partial charge on any atom is 0.252 e. The lowest BCUT2D eigenvalue weighted by Gasteiger charge is -2.24. The zero-order valence-corrected chi connectivity index (χ0v) is 20.5. The lowest BCUT2D eigenvalue weighted by Crippen LogP contribution is -2.46. The van der Waals surface area contributed by atoms with Crippen LogP contribution in [0.1, 0.15) is 19.1 Å². The molecule has 36 heavy (non-hydrogen) atoms. The number of hydrogen-bond donors (Lipinski definition) is 7. The second kappa shape index (κ2) is 13.2. The molecule has 2 aliphatic heterocycles. The van der Waals surface area contributed by atoms with E-state index in [1.165, 1.54) is 17.2 Å². The van der Waals surface area contributed by atoms with Gasteiger partial charge in [-0.15, -0.1) is 0 Å². The van der Waals surface area contributed by atoms with E-state index in [2.05, 4.69) is 41.1 Å². The van der Waals surface area contributed by atoms with Gasteiger partial charge in [0.25, 0.3) is 5.91 Å². The van der Waals surface area contributed by atoms with E-state index in [0.29, 0.717) is 24.3 Å². The summed E-state index contributed by atoms with van der Waals surface area (Å²) in [5.74, 6) is -0.283. The number of anilines is 1. The van der Waals surface area contributed by atoms with Crippen LogP contribution in [0.25, 0.3) is 11.2 Å². The molecule has 4 heterocycles. The Labute approximate surface area is 210 Å². The minimum atomic E-state index is -1.40. The smallest absolute Gasteiger partial charge is 0.252 e. The number of nitrogens with one attached hydrogen (secondary N) is 4. The Kier molecular flexibility index (Phi) is 9.75. The van der Waals surface area contributed by atoms with Crippen molar-refractivity contribution in [1.29, 1.82) is 0 Å². The highest BCUT2D eigenvalue weighted by atomic mass is 16.6. The van der Waals surface area contributed by atoms with Crippen LogP contribution >= 0.6 is 0 Å². The van der Waals surface area contributed by atoms with E-state index >= 15 is 0 Å². The second-order valence-electron chi connectivity index (χ2n) is 9.10. The summed E-state index contributed by atoms with van der Waals surface area (Å²) >= 11 is 0. The number of carbonyl (C=O) groups is 1. The van der Waals surface area contributed by atoms with Crippen molar-refractivity contribution in [3.05, 3.63) is 12.7 Å². The summed E-state index contributed by atoms with van der Waals surface area (Å²) in [6.07, 6.45) is -0.219. The van der Waals surface area contributed by atoms with Crippen LogP contribution in [0.5, 0.6) is 0 Å². The third-order valence-electron chi connectivity index (χ3n) is 6.50. The number of nitrogen functional groups attached to an aromatic ring is 1. The molecule has 14 nitrogen and oxygen atoms in total. The largest absolute Gasteiger partial charge is 0.387 e. The number of aliphatic hydroxyl groups excluding tert-OH is 2. The first kappa shape index (κ1) is 26.6. The van der Waals surface area contributed by atoms with E-state index in [9.17, 15) is 15.0 Å². The van der Waals surface area contributed by atoms with Gasteiger partial charge in [0.2, 0.25) is 0 Å². The monoisotopic (exact) mass is 506 g/mol. The molecule has 0 radical (unpaired) electrons. The lowest BCUT2D eigenvalue weighted by atomic mass is 10.1. The van der Waals surface area contributed by atoms with Crippen LogP contribution in [0.2, 0.25) is 0 Å². The zero-order chi connectivity index (χ0) is 25.3. The van der Waals surface area contributed by atoms with Gasteiger partial charge in [0.05, 0.1) is 6.33 Å². The van der Waals surface area contributed by atoms with Gasteiger partial charge in [-0.05, 0) is 39.0 Å². The first-order valence-corrected chi connectivity index (χ1v) is 12.6. The summed E-state index contributed by atoms with van der Waals surface area (Å²) in [5, 5.41) is 34.3. The van der Waals surface area contributed by atoms with Crippen molar-refractivity contribution in [2.75, 3.05) is 71.2 Å². The number of carbonyl (C=O) groups excluding carboxylic acids is 1. The molecule has 0 aliphatic carbocycles. The van der Waals surface area contributed by atoms with E-state index < -0.39 is 30.4 Å². The molecule has 200 valence electrons. The van der Waals surface area contributed by atoms with Gasteiger partial charge in [-0.25, -0.2) is 15.0 Å². The number of aliphatic hydroxyl groups is 2. The third-order valence-corrected chi connectivity index (χ3v) is 6.50. The lowest BCUT2D eigenvalue weighted by molar-refractivity contribution is -0.137. The van der Waals surface area contributed by atoms with Crippen LogP contribution < -0.4 is 27.0 Å². The van der Waals surface area contributed by atoms with E-state index in [1.807, 2.05) is 0 Å². The summed E-state index contributed by atoms with van der Waals surface area (Å²) in [6, 6.07) is 0. The molecule has 4 atom stereocenters. The van der Waals surface area contributed by atoms with Crippen molar-refractivity contribution < 1.29 is 19.7 Å². The Bertz CT molecular complexity index is 961. The van der Waals surface area contributed by atoms with Gasteiger partial charge in [-0.1, -0.05) is 0 Å². The number of fused-ring (bicyclic) bond motifs is 1. The standard InChI is InChI=1S/C22H38N10O4/c23-19-15-20(29-13-28-19)32(14-30-15)22-17(34)16(33)18(36-22)21(35)27-9-12-31-10-2-5-25-7-6-24-3-1-4-26-8-11-31/h13-14,16-18,22,24-26,33-34H,1-12H2,(H,27,35)(H2,23,28,29). The van der Waals surface area contributed by atoms with Crippen LogP contribution in [-0.2, 0) is 9.53 Å². The summed E-state index contributed by atoms with van der Waals surface area (Å²) in [6.45, 7) is 8.60. The predicted molar refractivity (Wildman–Crippen MR) is 133 cm³/mol. The molecular weight excluding hydrogens is 468 g/mol. The van der Waals surface area contributed by atoms with Crippen LogP contribution in [-0.4, -0.2) is 124 Å². The fourth-order valence-electron chi connectivity index (χ4n) is 4.49. The zero-order valence-electron chi connectivity index (χ0n) is 20.5. The van der Waals surface area contributed by atoms with E-state index in [0.717, 1.165) is 65.2 Å². The predicted octanol–water partition coefficient (Wildman–Crippen LogP) is -2.99. The quantitative estimate of drug-likeness (QED) is 0.218. The number of nitrogens with zero attached hydrogens (tertiary/aromatic N) is 5. The van der Waals surface area contributed by atoms with Gasteiger partial charge in [-0.3, -0.25) is 9.36 Å². The van der Waals surface area contributed by atoms with Gasteiger partial charge < -0.3 is 46.9 Å². The summed E-state index contributed by atoms with van der Waals surface area (Å²) in [7, 11) is 0. The van der Waals surface area contributed by atoms with Crippen molar-refractivity contribution >= 4 is 22.9 Å². The minimum absolute atomic E-state index is 0.192. The number of hydrogen-bond acceptors (Lipinski definition) is 12. The van der Waals surface area contributed by atoms with Gasteiger partial charge in [0.15, 0.2) is 23.8 Å². The number of aromatic nitrogens is 4. The van der Waals surface area contributed by atoms with Crippen LogP contribution in [0.3, 0.4) is 0 Å². The Morgan fingerprint density at radius 3 is 2.58 bits per heavy atom. The normalized spacial score (nSPS) is 27.6. The molecule has 0 saturated carbocycles. The molecule has 8 N–H and O–H groups in total. The second-order valence-corrected chi connectivity index (χ2v) is 9.10. The van der Waals surface area contributed by atoms with Gasteiger partial charge >= 0.3 is 0 Å². The minimum Gasteiger partial charge on any atom is -0.387 e. The van der Waals surface area contributed by atoms with Crippen LogP contribution in [0.4, 0.5) is 5.82 Å². The molecule has 2 fully saturated rings. The molecule has 4 rings (SSSR count). The maximum atomic E-state index is 12.8. The molecule has 2 aromatic rings. The first-order chi connectivity index (χ1) is 17.6. The number of nitrogens with two attached hydrogens (primary N) is 1. The number of rotatable bonds is 5. The van der Waals surface area contributed by atoms with Gasteiger partial charge in [0.1, 0.15) is 24.1 Å². The topological polar surface area (TPSA) is 188 Å². The average Bonchev–Trinajstić information content (AvgIpc) is 3.43. The molecule has 0 spiro atoms. The Morgan fingerprint density at radius 2 is 1.78 bits per heavy atom. The first-order valence-electron chi connectivity index (χ1n) is 12.6. The van der Waals surface area contributed by atoms with Crippen molar-refractivity contribution in [1.82, 2.24) is 45.7 Å². The molecule has 2 aliphatic rings. The van der Waals surface area contributed by atoms with Crippen molar-refractivity contribution in [2.45, 2.75) is 37.4 Å². The average molecular weight is 507 g/mol. The molecule has 0 aromatic carbocycles. The number of imidazole rings is 1. The van der Waals surface area contributed by atoms with Crippen LogP contribution in [0.15, 0.2) is 12.7 Å². The highest BCUT2D eigenvalue weighted by Gasteiger charge is 2.47. The van der Waals surface area contributed by atoms with Crippen molar-refractivity contribution in [3.8, 4) is 0 Å². The molecule has 1 amide bonds. The molecular formula is C22H38N10O4. The molecule has 2 saturated heterocycles. The Hall–Kier alpha value is -2.46. The molecule has 2 aromatic heterocycles. The number of ether oxygens (including phenoxy) is 1. The van der Waals surface area contributed by atoms with E-state index in [1.54, 1.807) is 0 Å². The molecule has 0 bridgehead atoms. The van der Waals surface area contributed by atoms with E-state index in [4.69, 9.17) is 10.5 Å². The number of amides is 1. The summed E-state index contributed by atoms with van der Waals surface area (Å²) < 4.78 is 7.22. The van der Waals surface area contributed by atoms with E-state index in [-0.39, 0.29) is 5.82 Å². The summed E-state index contributed by atoms with van der Waals surface area (Å²) in [5.41, 5.74) is 6.53. The fraction of sp³-hybridized carbons (Fsp3) is 0.727. The van der Waals surface area contributed by atoms with Gasteiger partial charge in [-0.2, -0.15) is 0 Å². The van der Waals surface area contributed by atoms with Crippen LogP contribution in [0, 0.1) is 0 Å². The SMILES string of the molecule is Nc1ncnc2c1ncn2C1OC(C(=O)NCCN2CCCNCCNCCCNCC2)C(O)C1O. The highest BCUT2D eigenvalue weighted by molar-refractivity contribution is 5.82. The molecule has 4 unspecified atom stereocenters.